The summed E-state index contributed by atoms with van der Waals surface area (Å²) in [6.07, 6.45) is 0. The van der Waals surface area contributed by atoms with Gasteiger partial charge in [-0.3, -0.25) is 0 Å². The number of nitrogens with one attached hydrogen (secondary N) is 1. The summed E-state index contributed by atoms with van der Waals surface area (Å²) >= 11 is 7.78. The van der Waals surface area contributed by atoms with Gasteiger partial charge in [0.25, 0.3) is 0 Å². The van der Waals surface area contributed by atoms with Crippen molar-refractivity contribution in [2.24, 2.45) is 7.05 Å². The van der Waals surface area contributed by atoms with Crippen LogP contribution in [0, 0.1) is 0 Å². The molecule has 5 heteroatoms. The molecule has 0 amide bonds. The second-order valence-corrected chi connectivity index (χ2v) is 6.52. The number of hydrogen-bond donors (Lipinski definition) is 1. The zero-order chi connectivity index (χ0) is 14.7. The van der Waals surface area contributed by atoms with E-state index >= 15 is 0 Å². The second kappa shape index (κ2) is 6.66. The molecular formula is C15H20ClN3S. The van der Waals surface area contributed by atoms with Gasteiger partial charge in [-0.25, -0.2) is 4.98 Å². The minimum absolute atomic E-state index is 0.397. The van der Waals surface area contributed by atoms with E-state index in [-0.39, 0.29) is 0 Å². The first-order chi connectivity index (χ1) is 9.52. The van der Waals surface area contributed by atoms with Gasteiger partial charge in [-0.15, -0.1) is 0 Å². The Morgan fingerprint density at radius 1 is 1.40 bits per heavy atom. The van der Waals surface area contributed by atoms with Gasteiger partial charge in [0.1, 0.15) is 10.9 Å². The van der Waals surface area contributed by atoms with Crippen LogP contribution >= 0.6 is 23.4 Å². The van der Waals surface area contributed by atoms with Crippen molar-refractivity contribution < 1.29 is 0 Å². The maximum absolute atomic E-state index is 6.06. The molecule has 3 nitrogen and oxygen atoms in total. The van der Waals surface area contributed by atoms with Crippen molar-refractivity contribution >= 4 is 23.4 Å². The molecule has 0 aliphatic rings. The van der Waals surface area contributed by atoms with E-state index in [4.69, 9.17) is 16.6 Å². The van der Waals surface area contributed by atoms with Gasteiger partial charge < -0.3 is 9.88 Å². The number of benzene rings is 1. The first-order valence-electron chi connectivity index (χ1n) is 6.66. The summed E-state index contributed by atoms with van der Waals surface area (Å²) in [7, 11) is 4.01. The third-order valence-corrected chi connectivity index (χ3v) is 4.45. The third-order valence-electron chi connectivity index (χ3n) is 3.05. The van der Waals surface area contributed by atoms with Gasteiger partial charge in [0.2, 0.25) is 0 Å². The van der Waals surface area contributed by atoms with Crippen LogP contribution in [0.25, 0.3) is 0 Å². The Morgan fingerprint density at radius 2 is 2.15 bits per heavy atom. The average Bonchev–Trinajstić information content (AvgIpc) is 2.69. The summed E-state index contributed by atoms with van der Waals surface area (Å²) in [6.45, 7) is 5.12. The van der Waals surface area contributed by atoms with Crippen molar-refractivity contribution in [1.82, 2.24) is 14.9 Å². The molecule has 1 aromatic heterocycles. The molecule has 0 saturated heterocycles. The molecule has 108 valence electrons. The molecule has 20 heavy (non-hydrogen) atoms. The zero-order valence-corrected chi connectivity index (χ0v) is 13.8. The maximum Gasteiger partial charge on any atom is 0.123 e. The topological polar surface area (TPSA) is 29.9 Å². The van der Waals surface area contributed by atoms with Gasteiger partial charge in [-0.2, -0.15) is 0 Å². The number of imidazole rings is 1. The van der Waals surface area contributed by atoms with Crippen molar-refractivity contribution in [1.29, 1.82) is 0 Å². The predicted molar refractivity (Wildman–Crippen MR) is 85.6 cm³/mol. The maximum atomic E-state index is 6.06. The van der Waals surface area contributed by atoms with E-state index in [2.05, 4.69) is 36.8 Å². The Kier molecular flexibility index (Phi) is 5.13. The largest absolute Gasteiger partial charge is 0.325 e. The van der Waals surface area contributed by atoms with Gasteiger partial charge in [0, 0.05) is 17.0 Å². The Bertz CT molecular complexity index is 593. The molecule has 0 unspecified atom stereocenters. The lowest BCUT2D eigenvalue weighted by molar-refractivity contribution is 0.682. The molecule has 1 heterocycles. The molecule has 0 bridgehead atoms. The molecule has 2 aromatic rings. The van der Waals surface area contributed by atoms with E-state index in [0.29, 0.717) is 5.92 Å². The summed E-state index contributed by atoms with van der Waals surface area (Å²) < 4.78 is 2.16. The second-order valence-electron chi connectivity index (χ2n) is 5.02. The Balaban J connectivity index is 2.39. The number of hydrogen-bond acceptors (Lipinski definition) is 3. The lowest BCUT2D eigenvalue weighted by atomic mass is 10.2. The van der Waals surface area contributed by atoms with E-state index in [9.17, 15) is 0 Å². The van der Waals surface area contributed by atoms with Gasteiger partial charge in [0.05, 0.1) is 12.2 Å². The fourth-order valence-electron chi connectivity index (χ4n) is 2.01. The smallest absolute Gasteiger partial charge is 0.123 e. The van der Waals surface area contributed by atoms with Gasteiger partial charge in [0.15, 0.2) is 0 Å². The number of aromatic nitrogens is 2. The standard InChI is InChI=1S/C15H20ClN3S/c1-10(2)14-15(19(4)13(18-14)9-17-3)20-12-7-5-6-11(16)8-12/h5-8,10,17H,9H2,1-4H3. The van der Waals surface area contributed by atoms with Crippen LogP contribution in [-0.2, 0) is 13.6 Å². The van der Waals surface area contributed by atoms with E-state index in [1.807, 2.05) is 25.2 Å². The van der Waals surface area contributed by atoms with Crippen LogP contribution in [0.4, 0.5) is 0 Å². The Labute approximate surface area is 129 Å². The lowest BCUT2D eigenvalue weighted by Gasteiger charge is -2.09. The normalized spacial score (nSPS) is 11.3. The molecule has 2 rings (SSSR count). The van der Waals surface area contributed by atoms with Crippen LogP contribution in [0.1, 0.15) is 31.3 Å². The van der Waals surface area contributed by atoms with Gasteiger partial charge in [-0.1, -0.05) is 43.3 Å². The van der Waals surface area contributed by atoms with E-state index in [1.54, 1.807) is 11.8 Å². The molecule has 0 aliphatic carbocycles. The summed E-state index contributed by atoms with van der Waals surface area (Å²) in [5.41, 5.74) is 1.14. The highest BCUT2D eigenvalue weighted by Gasteiger charge is 2.17. The van der Waals surface area contributed by atoms with E-state index < -0.39 is 0 Å². The van der Waals surface area contributed by atoms with Crippen LogP contribution in [0.15, 0.2) is 34.2 Å². The molecule has 1 aromatic carbocycles. The first kappa shape index (κ1) is 15.4. The molecular weight excluding hydrogens is 290 g/mol. The Morgan fingerprint density at radius 3 is 2.75 bits per heavy atom. The van der Waals surface area contributed by atoms with Crippen LogP contribution < -0.4 is 5.32 Å². The highest BCUT2D eigenvalue weighted by Crippen LogP contribution is 2.35. The zero-order valence-electron chi connectivity index (χ0n) is 12.3. The quantitative estimate of drug-likeness (QED) is 0.903. The lowest BCUT2D eigenvalue weighted by Crippen LogP contribution is -2.10. The monoisotopic (exact) mass is 309 g/mol. The molecule has 1 N–H and O–H groups in total. The van der Waals surface area contributed by atoms with Crippen molar-refractivity contribution in [3.8, 4) is 0 Å². The fourth-order valence-corrected chi connectivity index (χ4v) is 3.45. The first-order valence-corrected chi connectivity index (χ1v) is 7.86. The summed E-state index contributed by atoms with van der Waals surface area (Å²) in [5, 5.41) is 5.11. The Hall–Kier alpha value is -0.970. The molecule has 0 atom stereocenters. The van der Waals surface area contributed by atoms with Crippen LogP contribution in [0.5, 0.6) is 0 Å². The highest BCUT2D eigenvalue weighted by molar-refractivity contribution is 7.99. The predicted octanol–water partition coefficient (Wildman–Crippen LogP) is 4.07. The minimum atomic E-state index is 0.397. The summed E-state index contributed by atoms with van der Waals surface area (Å²) in [4.78, 5) is 5.90. The molecule has 0 aliphatic heterocycles. The fraction of sp³-hybridized carbons (Fsp3) is 0.400. The number of halogens is 1. The number of nitrogens with zero attached hydrogens (tertiary/aromatic N) is 2. The molecule has 0 radical (unpaired) electrons. The van der Waals surface area contributed by atoms with Crippen LogP contribution in [0.2, 0.25) is 5.02 Å². The SMILES string of the molecule is CNCc1nc(C(C)C)c(Sc2cccc(Cl)c2)n1C. The van der Waals surface area contributed by atoms with Crippen molar-refractivity contribution in [2.45, 2.75) is 36.2 Å². The molecule has 0 saturated carbocycles. The van der Waals surface area contributed by atoms with E-state index in [0.717, 1.165) is 28.0 Å². The van der Waals surface area contributed by atoms with Gasteiger partial charge >= 0.3 is 0 Å². The van der Waals surface area contributed by atoms with Crippen molar-refractivity contribution in [3.63, 3.8) is 0 Å². The summed E-state index contributed by atoms with van der Waals surface area (Å²) in [6, 6.07) is 7.93. The average molecular weight is 310 g/mol. The minimum Gasteiger partial charge on any atom is -0.325 e. The van der Waals surface area contributed by atoms with Gasteiger partial charge in [-0.05, 0) is 31.2 Å². The highest BCUT2D eigenvalue weighted by atomic mass is 35.5. The van der Waals surface area contributed by atoms with Crippen molar-refractivity contribution in [3.05, 3.63) is 40.8 Å². The molecule has 0 fully saturated rings. The van der Waals surface area contributed by atoms with Crippen LogP contribution in [0.3, 0.4) is 0 Å². The number of rotatable bonds is 5. The van der Waals surface area contributed by atoms with Crippen LogP contribution in [-0.4, -0.2) is 16.6 Å². The van der Waals surface area contributed by atoms with Crippen molar-refractivity contribution in [2.75, 3.05) is 7.05 Å². The molecule has 0 spiro atoms. The summed E-state index contributed by atoms with van der Waals surface area (Å²) in [5.74, 6) is 1.45. The third kappa shape index (κ3) is 3.37. The van der Waals surface area contributed by atoms with E-state index in [1.165, 1.54) is 5.03 Å².